The monoisotopic (exact) mass is 485 g/mol. The van der Waals surface area contributed by atoms with Gasteiger partial charge in [0.15, 0.2) is 0 Å². The fourth-order valence-corrected chi connectivity index (χ4v) is 4.84. The number of hydrogen-bond donors (Lipinski definition) is 0. The predicted molar refractivity (Wildman–Crippen MR) is 137 cm³/mol. The number of piperidine rings is 1. The Kier molecular flexibility index (Phi) is 7.28. The third-order valence-corrected chi connectivity index (χ3v) is 6.60. The molecular weight excluding hydrogens is 454 g/mol. The number of aromatic nitrogens is 2. The number of likely N-dealkylation sites (tertiary alicyclic amines) is 1. The van der Waals surface area contributed by atoms with Crippen LogP contribution in [-0.2, 0) is 11.3 Å². The van der Waals surface area contributed by atoms with Gasteiger partial charge in [0.25, 0.3) is 5.89 Å². The first-order valence-electron chi connectivity index (χ1n) is 12.7. The lowest BCUT2D eigenvalue weighted by Gasteiger charge is -2.25. The van der Waals surface area contributed by atoms with Crippen LogP contribution in [0.2, 0.25) is 0 Å². The van der Waals surface area contributed by atoms with Gasteiger partial charge in [-0.15, -0.1) is 0 Å². The molecule has 0 radical (unpaired) electrons. The molecule has 1 fully saturated rings. The second-order valence-electron chi connectivity index (χ2n) is 9.52. The number of ether oxygens (including phenoxy) is 1. The van der Waals surface area contributed by atoms with E-state index in [0.29, 0.717) is 35.2 Å². The van der Waals surface area contributed by atoms with Crippen molar-refractivity contribution in [3.8, 4) is 34.7 Å². The number of fused-ring (bicyclic) bond motifs is 1. The summed E-state index contributed by atoms with van der Waals surface area (Å²) in [6.45, 7) is 7.70. The lowest BCUT2D eigenvalue weighted by Crippen LogP contribution is -2.32. The van der Waals surface area contributed by atoms with E-state index in [0.717, 1.165) is 54.9 Å². The third kappa shape index (κ3) is 5.26. The number of benzene rings is 2. The first kappa shape index (κ1) is 24.0. The molecule has 0 saturated carbocycles. The third-order valence-electron chi connectivity index (χ3n) is 6.60. The van der Waals surface area contributed by atoms with Crippen molar-refractivity contribution in [2.24, 2.45) is 5.16 Å². The van der Waals surface area contributed by atoms with Crippen LogP contribution >= 0.6 is 0 Å². The van der Waals surface area contributed by atoms with Crippen molar-refractivity contribution in [3.63, 3.8) is 0 Å². The number of hydrogen-bond acceptors (Lipinski definition) is 8. The highest BCUT2D eigenvalue weighted by Crippen LogP contribution is 2.33. The van der Waals surface area contributed by atoms with E-state index in [1.807, 2.05) is 32.0 Å². The molecule has 36 heavy (non-hydrogen) atoms. The van der Waals surface area contributed by atoms with Crippen molar-refractivity contribution in [2.45, 2.75) is 52.1 Å². The maximum atomic E-state index is 9.54. The number of nitriles is 1. The van der Waals surface area contributed by atoms with E-state index < -0.39 is 0 Å². The van der Waals surface area contributed by atoms with Gasteiger partial charge in [-0.05, 0) is 76.4 Å². The zero-order valence-electron chi connectivity index (χ0n) is 20.9. The average molecular weight is 486 g/mol. The van der Waals surface area contributed by atoms with E-state index in [-0.39, 0.29) is 6.10 Å². The number of nitrogens with zero attached hydrogens (tertiary/aromatic N) is 5. The number of rotatable bonds is 8. The normalized spacial score (nSPS) is 16.8. The Hall–Kier alpha value is -3.70. The maximum Gasteiger partial charge on any atom is 0.258 e. The molecule has 2 aliphatic rings. The smallest absolute Gasteiger partial charge is 0.258 e. The van der Waals surface area contributed by atoms with Crippen molar-refractivity contribution in [2.75, 3.05) is 26.2 Å². The highest BCUT2D eigenvalue weighted by atomic mass is 16.6. The maximum absolute atomic E-state index is 9.54. The summed E-state index contributed by atoms with van der Waals surface area (Å²) < 4.78 is 11.3. The molecule has 0 atom stereocenters. The van der Waals surface area contributed by atoms with Crippen LogP contribution in [0.25, 0.3) is 22.8 Å². The molecule has 2 aromatic carbocycles. The summed E-state index contributed by atoms with van der Waals surface area (Å²) in [5.74, 6) is 1.43. The van der Waals surface area contributed by atoms with Gasteiger partial charge in [-0.2, -0.15) is 10.2 Å². The zero-order chi connectivity index (χ0) is 24.9. The summed E-state index contributed by atoms with van der Waals surface area (Å²) >= 11 is 0. The fourth-order valence-electron chi connectivity index (χ4n) is 4.84. The predicted octanol–water partition coefficient (Wildman–Crippen LogP) is 5.22. The van der Waals surface area contributed by atoms with E-state index in [9.17, 15) is 5.26 Å². The topological polar surface area (TPSA) is 96.8 Å². The Labute approximate surface area is 211 Å². The summed E-state index contributed by atoms with van der Waals surface area (Å²) in [6.07, 6.45) is 5.54. The zero-order valence-corrected chi connectivity index (χ0v) is 20.9. The van der Waals surface area contributed by atoms with Crippen LogP contribution in [0.1, 0.15) is 56.2 Å². The number of oxime groups is 1. The van der Waals surface area contributed by atoms with Crippen LogP contribution < -0.4 is 4.74 Å². The first-order valence-corrected chi connectivity index (χ1v) is 12.7. The molecule has 0 unspecified atom stereocenters. The van der Waals surface area contributed by atoms with Crippen LogP contribution in [0.15, 0.2) is 46.1 Å². The van der Waals surface area contributed by atoms with Gasteiger partial charge in [0.05, 0.1) is 17.4 Å². The SMILES string of the molecule is CC(C)Oc1ccc(-c2nc(-c3cccc4c3CC/C4=N/OCCN3CCCCC3)no2)cc1C#N. The van der Waals surface area contributed by atoms with Crippen molar-refractivity contribution < 1.29 is 14.1 Å². The van der Waals surface area contributed by atoms with Crippen molar-refractivity contribution >= 4 is 5.71 Å². The van der Waals surface area contributed by atoms with Gasteiger partial charge in [0.2, 0.25) is 5.82 Å². The first-order chi connectivity index (χ1) is 17.6. The van der Waals surface area contributed by atoms with Crippen LogP contribution in [-0.4, -0.2) is 53.1 Å². The van der Waals surface area contributed by atoms with E-state index in [1.54, 1.807) is 12.1 Å². The Balaban J connectivity index is 1.31. The molecule has 5 rings (SSSR count). The van der Waals surface area contributed by atoms with Gasteiger partial charge in [-0.1, -0.05) is 34.9 Å². The molecule has 0 bridgehead atoms. The van der Waals surface area contributed by atoms with Gasteiger partial charge < -0.3 is 14.1 Å². The standard InChI is InChI=1S/C28H31N5O3/c1-19(2)35-26-12-9-20(17-21(26)18-29)28-30-27(32-36-28)24-8-6-7-23-22(24)10-11-25(23)31-34-16-15-33-13-4-3-5-14-33/h6-9,12,17,19H,3-5,10-11,13-16H2,1-2H3/b31-25-. The van der Waals surface area contributed by atoms with Gasteiger partial charge in [0, 0.05) is 23.2 Å². The van der Waals surface area contributed by atoms with Crippen LogP contribution in [0.3, 0.4) is 0 Å². The summed E-state index contributed by atoms with van der Waals surface area (Å²) in [6, 6.07) is 13.6. The molecule has 1 saturated heterocycles. The Morgan fingerprint density at radius 3 is 2.75 bits per heavy atom. The minimum Gasteiger partial charge on any atom is -0.490 e. The molecule has 1 aliphatic heterocycles. The molecule has 8 nitrogen and oxygen atoms in total. The molecule has 3 aromatic rings. The Morgan fingerprint density at radius 2 is 1.94 bits per heavy atom. The average Bonchev–Trinajstić information content (AvgIpc) is 3.55. The molecule has 0 N–H and O–H groups in total. The molecule has 2 heterocycles. The van der Waals surface area contributed by atoms with Crippen LogP contribution in [0, 0.1) is 11.3 Å². The summed E-state index contributed by atoms with van der Waals surface area (Å²) in [4.78, 5) is 12.8. The van der Waals surface area contributed by atoms with E-state index in [2.05, 4.69) is 32.3 Å². The van der Waals surface area contributed by atoms with Gasteiger partial charge in [0.1, 0.15) is 18.4 Å². The molecular formula is C28H31N5O3. The molecule has 8 heteroatoms. The highest BCUT2D eigenvalue weighted by molar-refractivity contribution is 6.05. The quantitative estimate of drug-likeness (QED) is 0.319. The summed E-state index contributed by atoms with van der Waals surface area (Å²) in [5.41, 5.74) is 5.25. The summed E-state index contributed by atoms with van der Waals surface area (Å²) in [7, 11) is 0. The second-order valence-corrected chi connectivity index (χ2v) is 9.52. The lowest BCUT2D eigenvalue weighted by molar-refractivity contribution is 0.102. The lowest BCUT2D eigenvalue weighted by atomic mass is 10.0. The largest absolute Gasteiger partial charge is 0.490 e. The second kappa shape index (κ2) is 10.9. The van der Waals surface area contributed by atoms with Crippen molar-refractivity contribution in [1.29, 1.82) is 5.26 Å². The minimum absolute atomic E-state index is 0.0216. The molecule has 186 valence electrons. The van der Waals surface area contributed by atoms with Crippen LogP contribution in [0.5, 0.6) is 5.75 Å². The molecule has 1 aromatic heterocycles. The van der Waals surface area contributed by atoms with E-state index in [4.69, 9.17) is 14.1 Å². The molecule has 1 aliphatic carbocycles. The van der Waals surface area contributed by atoms with Crippen LogP contribution in [0.4, 0.5) is 0 Å². The van der Waals surface area contributed by atoms with E-state index in [1.165, 1.54) is 19.3 Å². The molecule has 0 amide bonds. The van der Waals surface area contributed by atoms with Crippen molar-refractivity contribution in [3.05, 3.63) is 53.1 Å². The fraction of sp³-hybridized carbons (Fsp3) is 0.429. The van der Waals surface area contributed by atoms with Gasteiger partial charge in [-0.25, -0.2) is 0 Å². The summed E-state index contributed by atoms with van der Waals surface area (Å²) in [5, 5.41) is 18.2. The highest BCUT2D eigenvalue weighted by Gasteiger charge is 2.24. The van der Waals surface area contributed by atoms with Gasteiger partial charge >= 0.3 is 0 Å². The minimum atomic E-state index is -0.0216. The van der Waals surface area contributed by atoms with Gasteiger partial charge in [-0.3, -0.25) is 4.90 Å². The van der Waals surface area contributed by atoms with E-state index >= 15 is 0 Å². The Morgan fingerprint density at radius 1 is 1.11 bits per heavy atom. The molecule has 0 spiro atoms. The van der Waals surface area contributed by atoms with Crippen molar-refractivity contribution in [1.82, 2.24) is 15.0 Å². The Bertz CT molecular complexity index is 1280.